The molecule has 0 spiro atoms. The van der Waals surface area contributed by atoms with Crippen molar-refractivity contribution in [3.05, 3.63) is 151 Å². The summed E-state index contributed by atoms with van der Waals surface area (Å²) in [6, 6.07) is 47.6. The fraction of sp³-hybridized carbons (Fsp3) is 0.0750. The van der Waals surface area contributed by atoms with E-state index in [0.29, 0.717) is 5.56 Å². The fourth-order valence-electron chi connectivity index (χ4n) is 5.27. The molecule has 0 aliphatic heterocycles. The lowest BCUT2D eigenvalue weighted by Crippen LogP contribution is -2.25. The van der Waals surface area contributed by atoms with Gasteiger partial charge in [-0.15, -0.1) is 0 Å². The Bertz CT molecular complexity index is 1770. The number of carbonyl (C=O) groups is 1. The Morgan fingerprint density at radius 3 is 0.889 bits per heavy atom. The van der Waals surface area contributed by atoms with Crippen LogP contribution in [0.15, 0.2) is 146 Å². The standard InChI is InChI=1S/C40H33NO4/c1-43-37-22-12-31(13-23-37)28-4-6-34(7-5-28)40(42)41(35-18-8-29(9-19-35)32-14-24-38(44-2)25-15-32)36-20-10-30(11-21-36)33-16-26-39(45-3)27-17-33/h4-27H,1-3H3. The third-order valence-corrected chi connectivity index (χ3v) is 7.86. The molecule has 1 amide bonds. The maximum Gasteiger partial charge on any atom is 0.262 e. The molecular weight excluding hydrogens is 558 g/mol. The van der Waals surface area contributed by atoms with Gasteiger partial charge in [0.05, 0.1) is 21.3 Å². The quantitative estimate of drug-likeness (QED) is 0.168. The van der Waals surface area contributed by atoms with E-state index < -0.39 is 0 Å². The molecule has 6 aromatic rings. The average molecular weight is 592 g/mol. The van der Waals surface area contributed by atoms with Crippen LogP contribution in [0.4, 0.5) is 11.4 Å². The van der Waals surface area contributed by atoms with E-state index >= 15 is 0 Å². The molecule has 0 saturated heterocycles. The molecule has 0 aliphatic carbocycles. The number of ether oxygens (including phenoxy) is 3. The third kappa shape index (κ3) is 6.43. The Hall–Kier alpha value is -5.81. The van der Waals surface area contributed by atoms with Gasteiger partial charge in [0.2, 0.25) is 0 Å². The number of benzene rings is 6. The molecule has 0 heterocycles. The Morgan fingerprint density at radius 1 is 0.378 bits per heavy atom. The van der Waals surface area contributed by atoms with Crippen LogP contribution in [0.1, 0.15) is 10.4 Å². The van der Waals surface area contributed by atoms with Gasteiger partial charge in [0.1, 0.15) is 17.2 Å². The van der Waals surface area contributed by atoms with Crippen molar-refractivity contribution in [1.82, 2.24) is 0 Å². The monoisotopic (exact) mass is 591 g/mol. The zero-order valence-electron chi connectivity index (χ0n) is 25.4. The number of hydrogen-bond acceptors (Lipinski definition) is 4. The Morgan fingerprint density at radius 2 is 0.622 bits per heavy atom. The number of amides is 1. The molecule has 5 nitrogen and oxygen atoms in total. The zero-order valence-corrected chi connectivity index (χ0v) is 25.4. The maximum atomic E-state index is 14.2. The van der Waals surface area contributed by atoms with Crippen molar-refractivity contribution in [2.75, 3.05) is 26.2 Å². The van der Waals surface area contributed by atoms with Crippen molar-refractivity contribution in [3.63, 3.8) is 0 Å². The van der Waals surface area contributed by atoms with E-state index in [0.717, 1.165) is 62.0 Å². The van der Waals surface area contributed by atoms with Crippen LogP contribution in [-0.4, -0.2) is 27.2 Å². The minimum atomic E-state index is -0.120. The van der Waals surface area contributed by atoms with Crippen molar-refractivity contribution in [1.29, 1.82) is 0 Å². The molecule has 0 fully saturated rings. The first-order valence-electron chi connectivity index (χ1n) is 14.6. The Balaban J connectivity index is 1.33. The second kappa shape index (κ2) is 13.2. The highest BCUT2D eigenvalue weighted by atomic mass is 16.5. The van der Waals surface area contributed by atoms with Gasteiger partial charge in [0.15, 0.2) is 0 Å². The minimum Gasteiger partial charge on any atom is -0.497 e. The molecule has 222 valence electrons. The smallest absolute Gasteiger partial charge is 0.262 e. The highest BCUT2D eigenvalue weighted by Gasteiger charge is 2.20. The van der Waals surface area contributed by atoms with Gasteiger partial charge in [-0.05, 0) is 106 Å². The molecule has 6 rings (SSSR count). The predicted octanol–water partition coefficient (Wildman–Crippen LogP) is 9.69. The fourth-order valence-corrected chi connectivity index (χ4v) is 5.27. The molecule has 5 heteroatoms. The summed E-state index contributed by atoms with van der Waals surface area (Å²) in [5.41, 5.74) is 8.44. The van der Waals surface area contributed by atoms with E-state index in [1.807, 2.05) is 146 Å². The topological polar surface area (TPSA) is 48.0 Å². The normalized spacial score (nSPS) is 10.6. The van der Waals surface area contributed by atoms with Crippen LogP contribution in [0.3, 0.4) is 0 Å². The van der Waals surface area contributed by atoms with Crippen molar-refractivity contribution in [3.8, 4) is 50.6 Å². The van der Waals surface area contributed by atoms with E-state index in [1.54, 1.807) is 26.2 Å². The lowest BCUT2D eigenvalue weighted by molar-refractivity contribution is 0.0999. The summed E-state index contributed by atoms with van der Waals surface area (Å²) in [4.78, 5) is 16.0. The van der Waals surface area contributed by atoms with Crippen LogP contribution in [0.2, 0.25) is 0 Å². The zero-order chi connectivity index (χ0) is 31.2. The molecule has 45 heavy (non-hydrogen) atoms. The molecule has 0 atom stereocenters. The summed E-state index contributed by atoms with van der Waals surface area (Å²) in [5.74, 6) is 2.30. The van der Waals surface area contributed by atoms with Gasteiger partial charge >= 0.3 is 0 Å². The molecule has 0 radical (unpaired) electrons. The molecule has 6 aromatic carbocycles. The van der Waals surface area contributed by atoms with Crippen LogP contribution in [0.5, 0.6) is 17.2 Å². The van der Waals surface area contributed by atoms with E-state index in [-0.39, 0.29) is 5.91 Å². The number of methoxy groups -OCH3 is 3. The largest absolute Gasteiger partial charge is 0.497 e. The number of rotatable bonds is 9. The predicted molar refractivity (Wildman–Crippen MR) is 182 cm³/mol. The highest BCUT2D eigenvalue weighted by Crippen LogP contribution is 2.33. The van der Waals surface area contributed by atoms with Gasteiger partial charge in [-0.3, -0.25) is 9.69 Å². The van der Waals surface area contributed by atoms with Crippen LogP contribution in [-0.2, 0) is 0 Å². The number of carbonyl (C=O) groups excluding carboxylic acids is 1. The first kappa shape index (κ1) is 29.3. The first-order chi connectivity index (χ1) is 22.1. The SMILES string of the molecule is COc1ccc(-c2ccc(C(=O)N(c3ccc(-c4ccc(OC)cc4)cc3)c3ccc(-c4ccc(OC)cc4)cc3)cc2)cc1. The summed E-state index contributed by atoms with van der Waals surface area (Å²) >= 11 is 0. The summed E-state index contributed by atoms with van der Waals surface area (Å²) in [6.07, 6.45) is 0. The molecule has 0 aliphatic rings. The van der Waals surface area contributed by atoms with E-state index in [9.17, 15) is 4.79 Å². The van der Waals surface area contributed by atoms with Crippen LogP contribution in [0.25, 0.3) is 33.4 Å². The van der Waals surface area contributed by atoms with Crippen molar-refractivity contribution < 1.29 is 19.0 Å². The summed E-state index contributed by atoms with van der Waals surface area (Å²) in [5, 5.41) is 0. The lowest BCUT2D eigenvalue weighted by Gasteiger charge is -2.24. The minimum absolute atomic E-state index is 0.120. The van der Waals surface area contributed by atoms with Gasteiger partial charge in [-0.25, -0.2) is 0 Å². The van der Waals surface area contributed by atoms with Crippen molar-refractivity contribution in [2.45, 2.75) is 0 Å². The van der Waals surface area contributed by atoms with Gasteiger partial charge < -0.3 is 14.2 Å². The molecule has 0 saturated carbocycles. The number of anilines is 2. The van der Waals surface area contributed by atoms with Crippen LogP contribution < -0.4 is 19.1 Å². The molecule has 0 aromatic heterocycles. The van der Waals surface area contributed by atoms with Crippen LogP contribution >= 0.6 is 0 Å². The highest BCUT2D eigenvalue weighted by molar-refractivity contribution is 6.11. The van der Waals surface area contributed by atoms with Gasteiger partial charge in [0.25, 0.3) is 5.91 Å². The van der Waals surface area contributed by atoms with Gasteiger partial charge in [0, 0.05) is 16.9 Å². The second-order valence-electron chi connectivity index (χ2n) is 10.5. The Labute approximate surface area is 263 Å². The van der Waals surface area contributed by atoms with Gasteiger partial charge in [-0.2, -0.15) is 0 Å². The maximum absolute atomic E-state index is 14.2. The number of nitrogens with zero attached hydrogens (tertiary/aromatic N) is 1. The van der Waals surface area contributed by atoms with E-state index in [1.165, 1.54) is 0 Å². The average Bonchev–Trinajstić information content (AvgIpc) is 3.12. The molecular formula is C40H33NO4. The summed E-state index contributed by atoms with van der Waals surface area (Å²) in [7, 11) is 4.97. The van der Waals surface area contributed by atoms with E-state index in [4.69, 9.17) is 14.2 Å². The van der Waals surface area contributed by atoms with Crippen LogP contribution in [0, 0.1) is 0 Å². The summed E-state index contributed by atoms with van der Waals surface area (Å²) < 4.78 is 15.9. The lowest BCUT2D eigenvalue weighted by atomic mass is 10.0. The molecule has 0 N–H and O–H groups in total. The van der Waals surface area contributed by atoms with Gasteiger partial charge in [-0.1, -0.05) is 72.8 Å². The number of hydrogen-bond donors (Lipinski definition) is 0. The Kier molecular flexibility index (Phi) is 8.60. The van der Waals surface area contributed by atoms with Crippen molar-refractivity contribution in [2.24, 2.45) is 0 Å². The second-order valence-corrected chi connectivity index (χ2v) is 10.5. The summed E-state index contributed by atoms with van der Waals surface area (Å²) in [6.45, 7) is 0. The molecule has 0 unspecified atom stereocenters. The molecule has 0 bridgehead atoms. The van der Waals surface area contributed by atoms with E-state index in [2.05, 4.69) is 0 Å². The first-order valence-corrected chi connectivity index (χ1v) is 14.6. The van der Waals surface area contributed by atoms with Crippen molar-refractivity contribution >= 4 is 17.3 Å². The third-order valence-electron chi connectivity index (χ3n) is 7.86.